The molecule has 0 unspecified atom stereocenters. The van der Waals surface area contributed by atoms with E-state index in [4.69, 9.17) is 4.74 Å². The second-order valence-electron chi connectivity index (χ2n) is 6.52. The van der Waals surface area contributed by atoms with Gasteiger partial charge in [0.15, 0.2) is 5.65 Å². The van der Waals surface area contributed by atoms with E-state index in [-0.39, 0.29) is 23.0 Å². The highest BCUT2D eigenvalue weighted by atomic mass is 19.4. The zero-order valence-corrected chi connectivity index (χ0v) is 18.4. The van der Waals surface area contributed by atoms with Gasteiger partial charge >= 0.3 is 6.36 Å². The average Bonchev–Trinajstić information content (AvgIpc) is 3.04. The molecule has 0 aliphatic carbocycles. The Morgan fingerprint density at radius 1 is 1.19 bits per heavy atom. The van der Waals surface area contributed by atoms with E-state index < -0.39 is 17.7 Å². The molecule has 170 valence electrons. The minimum absolute atomic E-state index is 0.0279. The molecule has 31 heavy (non-hydrogen) atoms. The summed E-state index contributed by atoms with van der Waals surface area (Å²) < 4.78 is 48.3. The summed E-state index contributed by atoms with van der Waals surface area (Å²) in [6.45, 7) is 9.85. The van der Waals surface area contributed by atoms with Crippen LogP contribution >= 0.6 is 0 Å². The lowest BCUT2D eigenvalue weighted by Gasteiger charge is -2.14. The maximum absolute atomic E-state index is 12.8. The van der Waals surface area contributed by atoms with E-state index in [2.05, 4.69) is 19.8 Å². The minimum atomic E-state index is -4.83. The molecule has 3 aromatic rings. The van der Waals surface area contributed by atoms with E-state index in [1.807, 2.05) is 27.7 Å². The van der Waals surface area contributed by atoms with Crippen LogP contribution in [0.5, 0.6) is 11.5 Å². The molecule has 7 nitrogen and oxygen atoms in total. The number of nitrogens with one attached hydrogen (secondary N) is 1. The lowest BCUT2D eigenvalue weighted by Crippen LogP contribution is -2.17. The summed E-state index contributed by atoms with van der Waals surface area (Å²) in [6.07, 6.45) is -3.15. The van der Waals surface area contributed by atoms with Crippen molar-refractivity contribution in [2.75, 3.05) is 7.11 Å². The van der Waals surface area contributed by atoms with Gasteiger partial charge in [-0.15, -0.1) is 13.2 Å². The molecule has 0 amide bonds. The highest BCUT2D eigenvalue weighted by Gasteiger charge is 2.31. The van der Waals surface area contributed by atoms with Gasteiger partial charge in [0.25, 0.3) is 5.56 Å². The zero-order valence-electron chi connectivity index (χ0n) is 18.4. The van der Waals surface area contributed by atoms with Crippen molar-refractivity contribution in [3.63, 3.8) is 0 Å². The maximum atomic E-state index is 12.8. The number of H-pyrrole nitrogens is 1. The zero-order chi connectivity index (χ0) is 23.3. The largest absolute Gasteiger partial charge is 0.573 e. The predicted octanol–water partition coefficient (Wildman–Crippen LogP) is 5.39. The molecule has 0 saturated heterocycles. The normalized spacial score (nSPS) is 11.4. The van der Waals surface area contributed by atoms with Gasteiger partial charge in [0.2, 0.25) is 0 Å². The summed E-state index contributed by atoms with van der Waals surface area (Å²) in [7, 11) is 1.29. The number of hydrogen-bond donors (Lipinski definition) is 1. The van der Waals surface area contributed by atoms with Crippen LogP contribution in [0, 0.1) is 6.92 Å². The Labute approximate surface area is 178 Å². The first-order chi connectivity index (χ1) is 14.7. The van der Waals surface area contributed by atoms with Crippen LogP contribution in [-0.2, 0) is 0 Å². The number of aryl methyl sites for hydroxylation is 1. The Kier molecular flexibility index (Phi) is 7.70. The Morgan fingerprint density at radius 2 is 1.84 bits per heavy atom. The second kappa shape index (κ2) is 9.84. The van der Waals surface area contributed by atoms with Crippen molar-refractivity contribution in [2.24, 2.45) is 0 Å². The van der Waals surface area contributed by atoms with Gasteiger partial charge in [0.05, 0.1) is 18.8 Å². The molecule has 0 aliphatic heterocycles. The van der Waals surface area contributed by atoms with E-state index in [9.17, 15) is 18.0 Å². The summed E-state index contributed by atoms with van der Waals surface area (Å²) >= 11 is 0. The molecule has 0 radical (unpaired) electrons. The molecule has 0 bridgehead atoms. The second-order valence-corrected chi connectivity index (χ2v) is 6.52. The van der Waals surface area contributed by atoms with E-state index in [0.717, 1.165) is 25.0 Å². The minimum Gasteiger partial charge on any atom is -0.496 e. The summed E-state index contributed by atoms with van der Waals surface area (Å²) in [4.78, 5) is 20.0. The topological polar surface area (TPSA) is 82.0 Å². The molecule has 0 atom stereocenters. The van der Waals surface area contributed by atoms with Gasteiger partial charge in [-0.2, -0.15) is 5.10 Å². The van der Waals surface area contributed by atoms with Crippen LogP contribution < -0.4 is 15.0 Å². The Morgan fingerprint density at radius 3 is 2.39 bits per heavy atom. The third-order valence-corrected chi connectivity index (χ3v) is 4.67. The van der Waals surface area contributed by atoms with Crippen LogP contribution in [0.1, 0.15) is 52.3 Å². The van der Waals surface area contributed by atoms with Crippen LogP contribution in [0.3, 0.4) is 0 Å². The Bertz CT molecular complexity index is 1090. The van der Waals surface area contributed by atoms with Gasteiger partial charge in [0.1, 0.15) is 22.7 Å². The number of aromatic amines is 1. The number of aromatic nitrogens is 4. The molecule has 10 heteroatoms. The van der Waals surface area contributed by atoms with Gasteiger partial charge in [-0.05, 0) is 31.9 Å². The SMILES string of the molecule is CC.CCC(CC)n1nc(C)c2nc(-c3ccc(OC(F)(F)F)cc3OC)c(=O)[nH]c21. The number of nitrogens with zero attached hydrogens (tertiary/aromatic N) is 3. The molecule has 0 saturated carbocycles. The monoisotopic (exact) mass is 440 g/mol. The highest BCUT2D eigenvalue weighted by Crippen LogP contribution is 2.34. The summed E-state index contributed by atoms with van der Waals surface area (Å²) in [5.74, 6) is -0.414. The van der Waals surface area contributed by atoms with Crippen LogP contribution in [0.2, 0.25) is 0 Å². The fraction of sp³-hybridized carbons (Fsp3) is 0.476. The number of halogens is 3. The van der Waals surface area contributed by atoms with E-state index >= 15 is 0 Å². The number of rotatable bonds is 6. The van der Waals surface area contributed by atoms with Gasteiger partial charge in [-0.1, -0.05) is 27.7 Å². The molecule has 3 rings (SSSR count). The van der Waals surface area contributed by atoms with Crippen molar-refractivity contribution >= 4 is 11.2 Å². The van der Waals surface area contributed by atoms with E-state index in [1.54, 1.807) is 11.6 Å². The van der Waals surface area contributed by atoms with Crippen LogP contribution in [0.25, 0.3) is 22.4 Å². The predicted molar refractivity (Wildman–Crippen MR) is 113 cm³/mol. The molecule has 2 heterocycles. The number of benzene rings is 1. The standard InChI is InChI=1S/C19H21F3N4O3.C2H6/c1-5-11(6-2)26-17-15(10(3)25-26)23-16(18(27)24-17)13-8-7-12(9-14(13)28-4)29-19(20,21)22;1-2/h7-9,11H,5-6H2,1-4H3,(H,24,27);1-2H3. The molecule has 0 fully saturated rings. The molecule has 1 aromatic carbocycles. The van der Waals surface area contributed by atoms with Crippen molar-refractivity contribution in [3.8, 4) is 22.8 Å². The van der Waals surface area contributed by atoms with Crippen LogP contribution in [0.15, 0.2) is 23.0 Å². The maximum Gasteiger partial charge on any atom is 0.573 e. The summed E-state index contributed by atoms with van der Waals surface area (Å²) in [6, 6.07) is 3.60. The van der Waals surface area contributed by atoms with Crippen LogP contribution in [-0.4, -0.2) is 33.2 Å². The van der Waals surface area contributed by atoms with Crippen LogP contribution in [0.4, 0.5) is 13.2 Å². The quantitative estimate of drug-likeness (QED) is 0.556. The van der Waals surface area contributed by atoms with Crippen molar-refractivity contribution in [1.29, 1.82) is 0 Å². The number of alkyl halides is 3. The van der Waals surface area contributed by atoms with Gasteiger partial charge in [-0.25, -0.2) is 9.67 Å². The molecule has 0 aliphatic rings. The first-order valence-corrected chi connectivity index (χ1v) is 10.1. The summed E-state index contributed by atoms with van der Waals surface area (Å²) in [5, 5.41) is 4.51. The first kappa shape index (κ1) is 24.2. The van der Waals surface area contributed by atoms with Gasteiger partial charge < -0.3 is 14.5 Å². The van der Waals surface area contributed by atoms with Crippen molar-refractivity contribution in [3.05, 3.63) is 34.2 Å². The molecule has 2 aromatic heterocycles. The van der Waals surface area contributed by atoms with Gasteiger partial charge in [-0.3, -0.25) is 4.79 Å². The number of methoxy groups -OCH3 is 1. The fourth-order valence-corrected chi connectivity index (χ4v) is 3.26. The third kappa shape index (κ3) is 5.18. The smallest absolute Gasteiger partial charge is 0.496 e. The van der Waals surface area contributed by atoms with Crippen molar-refractivity contribution in [2.45, 2.75) is 59.9 Å². The Hall–Kier alpha value is -3.04. The van der Waals surface area contributed by atoms with E-state index in [1.165, 1.54) is 13.2 Å². The molecule has 0 spiro atoms. The lowest BCUT2D eigenvalue weighted by molar-refractivity contribution is -0.274. The van der Waals surface area contributed by atoms with Crippen molar-refractivity contribution in [1.82, 2.24) is 19.7 Å². The number of ether oxygens (including phenoxy) is 2. The molecule has 1 N–H and O–H groups in total. The van der Waals surface area contributed by atoms with Crippen molar-refractivity contribution < 1.29 is 22.6 Å². The first-order valence-electron chi connectivity index (χ1n) is 10.1. The number of fused-ring (bicyclic) bond motifs is 1. The van der Waals surface area contributed by atoms with E-state index in [0.29, 0.717) is 16.9 Å². The Balaban J connectivity index is 0.00000166. The molecular weight excluding hydrogens is 413 g/mol. The highest BCUT2D eigenvalue weighted by molar-refractivity contribution is 5.78. The average molecular weight is 440 g/mol. The lowest BCUT2D eigenvalue weighted by atomic mass is 10.1. The molecular formula is C21H27F3N4O3. The fourth-order valence-electron chi connectivity index (χ4n) is 3.26. The third-order valence-electron chi connectivity index (χ3n) is 4.67. The number of hydrogen-bond acceptors (Lipinski definition) is 5. The van der Waals surface area contributed by atoms with Gasteiger partial charge in [0, 0.05) is 11.6 Å². The summed E-state index contributed by atoms with van der Waals surface area (Å²) in [5.41, 5.74) is 1.46.